The molecule has 2 aromatic heterocycles. The molecule has 172 valence electrons. The van der Waals surface area contributed by atoms with Crippen molar-refractivity contribution in [2.75, 3.05) is 26.8 Å². The molecule has 32 heavy (non-hydrogen) atoms. The number of methoxy groups -OCH3 is 1. The lowest BCUT2D eigenvalue weighted by Crippen LogP contribution is -2.30. The van der Waals surface area contributed by atoms with Gasteiger partial charge in [-0.1, -0.05) is 18.7 Å². The lowest BCUT2D eigenvalue weighted by molar-refractivity contribution is 0.0599. The van der Waals surface area contributed by atoms with Gasteiger partial charge in [0, 0.05) is 18.8 Å². The Morgan fingerprint density at radius 1 is 1.19 bits per heavy atom. The average molecular weight is 464 g/mol. The summed E-state index contributed by atoms with van der Waals surface area (Å²) < 4.78 is 31.7. The molecule has 0 amide bonds. The van der Waals surface area contributed by atoms with Crippen LogP contribution < -0.4 is 4.84 Å². The second-order valence-corrected chi connectivity index (χ2v) is 8.95. The highest BCUT2D eigenvalue weighted by Crippen LogP contribution is 2.21. The van der Waals surface area contributed by atoms with Crippen LogP contribution in [0.25, 0.3) is 11.0 Å². The summed E-state index contributed by atoms with van der Waals surface area (Å²) in [5.41, 5.74) is 2.20. The Labute approximate surface area is 185 Å². The zero-order valence-electron chi connectivity index (χ0n) is 18.5. The number of carbonyl (C=O) groups excluding carboxylic acids is 2. The fourth-order valence-corrected chi connectivity index (χ4v) is 4.95. The van der Waals surface area contributed by atoms with Crippen molar-refractivity contribution in [3.63, 3.8) is 0 Å². The highest BCUT2D eigenvalue weighted by atomic mass is 32.2. The van der Waals surface area contributed by atoms with E-state index < -0.39 is 28.4 Å². The number of aromatic nitrogens is 4. The Morgan fingerprint density at radius 2 is 1.88 bits per heavy atom. The van der Waals surface area contributed by atoms with E-state index in [0.717, 1.165) is 4.85 Å². The Morgan fingerprint density at radius 3 is 2.50 bits per heavy atom. The summed E-state index contributed by atoms with van der Waals surface area (Å²) in [6, 6.07) is 4.40. The van der Waals surface area contributed by atoms with Crippen molar-refractivity contribution in [3.8, 4) is 0 Å². The predicted molar refractivity (Wildman–Crippen MR) is 115 cm³/mol. The molecule has 11 nitrogen and oxygen atoms in total. The SMILES string of the molecule is CCN(CC)S(=O)(=O)c1ccc2nnn(OCC(=O)c3[nH]c(C)c(C(=O)OC)c3C)c2c1. The van der Waals surface area contributed by atoms with Crippen molar-refractivity contribution in [1.29, 1.82) is 0 Å². The molecule has 12 heteroatoms. The van der Waals surface area contributed by atoms with E-state index in [1.165, 1.54) is 29.6 Å². The first-order valence-electron chi connectivity index (χ1n) is 9.95. The zero-order valence-corrected chi connectivity index (χ0v) is 19.3. The number of carbonyl (C=O) groups is 2. The molecule has 0 saturated heterocycles. The van der Waals surface area contributed by atoms with Gasteiger partial charge in [0.25, 0.3) is 0 Å². The summed E-state index contributed by atoms with van der Waals surface area (Å²) in [7, 11) is -2.42. The predicted octanol–water partition coefficient (Wildman–Crippen LogP) is 1.50. The summed E-state index contributed by atoms with van der Waals surface area (Å²) in [4.78, 5) is 34.1. The minimum Gasteiger partial charge on any atom is -0.465 e. The van der Waals surface area contributed by atoms with Crippen molar-refractivity contribution < 1.29 is 27.6 Å². The number of benzene rings is 1. The van der Waals surface area contributed by atoms with Crippen LogP contribution in [0.2, 0.25) is 0 Å². The summed E-state index contributed by atoms with van der Waals surface area (Å²) in [6.07, 6.45) is 0. The van der Waals surface area contributed by atoms with Gasteiger partial charge in [0.2, 0.25) is 15.8 Å². The summed E-state index contributed by atoms with van der Waals surface area (Å²) >= 11 is 0. The number of aromatic amines is 1. The molecular weight excluding hydrogens is 438 g/mol. The van der Waals surface area contributed by atoms with Crippen molar-refractivity contribution in [1.82, 2.24) is 24.4 Å². The van der Waals surface area contributed by atoms with Crippen molar-refractivity contribution in [2.24, 2.45) is 0 Å². The fourth-order valence-electron chi connectivity index (χ4n) is 3.48. The maximum atomic E-state index is 12.8. The summed E-state index contributed by atoms with van der Waals surface area (Å²) in [6.45, 7) is 7.08. The smallest absolute Gasteiger partial charge is 0.339 e. The normalized spacial score (nSPS) is 11.8. The monoisotopic (exact) mass is 463 g/mol. The number of esters is 1. The maximum absolute atomic E-state index is 12.8. The third kappa shape index (κ3) is 4.10. The van der Waals surface area contributed by atoms with E-state index in [9.17, 15) is 18.0 Å². The van der Waals surface area contributed by atoms with Crippen molar-refractivity contribution in [3.05, 3.63) is 40.7 Å². The van der Waals surface area contributed by atoms with Crippen LogP contribution in [0, 0.1) is 13.8 Å². The third-order valence-corrected chi connectivity index (χ3v) is 7.20. The van der Waals surface area contributed by atoms with Gasteiger partial charge < -0.3 is 14.6 Å². The summed E-state index contributed by atoms with van der Waals surface area (Å²) in [5, 5.41) is 7.80. The van der Waals surface area contributed by atoms with E-state index in [-0.39, 0.29) is 10.6 Å². The topological polar surface area (TPSA) is 136 Å². The molecule has 0 saturated carbocycles. The number of Topliss-reactive ketones (excluding diaryl/α,β-unsaturated/α-hetero) is 1. The van der Waals surface area contributed by atoms with Crippen LogP contribution in [0.3, 0.4) is 0 Å². The molecule has 0 fully saturated rings. The molecule has 0 aliphatic carbocycles. The molecule has 0 atom stereocenters. The van der Waals surface area contributed by atoms with E-state index >= 15 is 0 Å². The van der Waals surface area contributed by atoms with Crippen LogP contribution in [0.5, 0.6) is 0 Å². The number of ether oxygens (including phenoxy) is 1. The highest BCUT2D eigenvalue weighted by Gasteiger charge is 2.25. The standard InChI is InChI=1S/C20H25N5O6S/c1-6-24(7-2)32(28,29)14-8-9-15-16(10-14)25(23-22-15)31-11-17(26)19-12(3)18(13(4)21-19)20(27)30-5/h8-10,21H,6-7,11H2,1-5H3. The highest BCUT2D eigenvalue weighted by molar-refractivity contribution is 7.89. The quantitative estimate of drug-likeness (QED) is 0.372. The average Bonchev–Trinajstić information content (AvgIpc) is 3.31. The van der Waals surface area contributed by atoms with Crippen LogP contribution in [-0.4, -0.2) is 71.4 Å². The molecule has 0 aliphatic rings. The maximum Gasteiger partial charge on any atom is 0.339 e. The van der Waals surface area contributed by atoms with Gasteiger partial charge in [-0.2, -0.15) is 4.31 Å². The van der Waals surface area contributed by atoms with Gasteiger partial charge in [-0.25, -0.2) is 13.2 Å². The number of H-pyrrole nitrogens is 1. The Hall–Kier alpha value is -3.25. The molecule has 0 bridgehead atoms. The van der Waals surface area contributed by atoms with Crippen LogP contribution in [-0.2, 0) is 14.8 Å². The first-order valence-corrected chi connectivity index (χ1v) is 11.4. The van der Waals surface area contributed by atoms with Gasteiger partial charge >= 0.3 is 5.97 Å². The molecule has 2 heterocycles. The number of rotatable bonds is 9. The Bertz CT molecular complexity index is 1270. The summed E-state index contributed by atoms with van der Waals surface area (Å²) in [5.74, 6) is -0.961. The first kappa shape index (κ1) is 23.4. The molecule has 0 spiro atoms. The van der Waals surface area contributed by atoms with Gasteiger partial charge in [-0.05, 0) is 42.8 Å². The first-order chi connectivity index (χ1) is 15.1. The zero-order chi connectivity index (χ0) is 23.6. The molecule has 1 N–H and O–H groups in total. The van der Waals surface area contributed by atoms with E-state index in [4.69, 9.17) is 9.57 Å². The second-order valence-electron chi connectivity index (χ2n) is 7.02. The van der Waals surface area contributed by atoms with E-state index in [2.05, 4.69) is 15.3 Å². The number of ketones is 1. The minimum atomic E-state index is -3.69. The van der Waals surface area contributed by atoms with Crippen LogP contribution >= 0.6 is 0 Å². The Kier molecular flexibility index (Phi) is 6.65. The molecule has 3 aromatic rings. The number of sulfonamides is 1. The van der Waals surface area contributed by atoms with Crippen LogP contribution in [0.4, 0.5) is 0 Å². The molecular formula is C20H25N5O6S. The van der Waals surface area contributed by atoms with Crippen molar-refractivity contribution >= 4 is 32.8 Å². The van der Waals surface area contributed by atoms with Gasteiger partial charge in [0.05, 0.1) is 23.3 Å². The van der Waals surface area contributed by atoms with E-state index in [0.29, 0.717) is 40.9 Å². The lowest BCUT2D eigenvalue weighted by Gasteiger charge is -2.18. The number of hydrogen-bond donors (Lipinski definition) is 1. The van der Waals surface area contributed by atoms with Crippen LogP contribution in [0.1, 0.15) is 46.0 Å². The number of nitrogens with zero attached hydrogens (tertiary/aromatic N) is 4. The number of nitrogens with one attached hydrogen (secondary N) is 1. The van der Waals surface area contributed by atoms with Gasteiger partial charge in [-0.3, -0.25) is 4.79 Å². The van der Waals surface area contributed by atoms with Crippen LogP contribution in [0.15, 0.2) is 23.1 Å². The molecule has 3 rings (SSSR count). The van der Waals surface area contributed by atoms with Gasteiger partial charge in [-0.15, -0.1) is 5.10 Å². The molecule has 0 aliphatic heterocycles. The minimum absolute atomic E-state index is 0.0748. The third-order valence-electron chi connectivity index (χ3n) is 5.15. The number of aryl methyl sites for hydroxylation is 1. The second kappa shape index (κ2) is 9.09. The number of fused-ring (bicyclic) bond motifs is 1. The number of hydrogen-bond acceptors (Lipinski definition) is 8. The molecule has 1 aromatic carbocycles. The van der Waals surface area contributed by atoms with Gasteiger partial charge in [0.15, 0.2) is 6.61 Å². The largest absolute Gasteiger partial charge is 0.465 e. The van der Waals surface area contributed by atoms with E-state index in [1.807, 2.05) is 0 Å². The van der Waals surface area contributed by atoms with Gasteiger partial charge in [0.1, 0.15) is 11.0 Å². The van der Waals surface area contributed by atoms with E-state index in [1.54, 1.807) is 27.7 Å². The molecule has 0 unspecified atom stereocenters. The fraction of sp³-hybridized carbons (Fsp3) is 0.400. The lowest BCUT2D eigenvalue weighted by atomic mass is 10.1. The Balaban J connectivity index is 1.86. The molecule has 0 radical (unpaired) electrons. The van der Waals surface area contributed by atoms with Crippen molar-refractivity contribution in [2.45, 2.75) is 32.6 Å².